The number of methoxy groups -OCH3 is 2. The highest BCUT2D eigenvalue weighted by Gasteiger charge is 2.16. The average Bonchev–Trinajstić information content (AvgIpc) is 3.19. The Morgan fingerprint density at radius 1 is 0.933 bits per heavy atom. The Hall–Kier alpha value is -3.61. The van der Waals surface area contributed by atoms with Gasteiger partial charge in [-0.25, -0.2) is 9.36 Å². The fourth-order valence-electron chi connectivity index (χ4n) is 3.51. The molecule has 0 spiro atoms. The molecule has 0 aliphatic heterocycles. The summed E-state index contributed by atoms with van der Waals surface area (Å²) in [7, 11) is 3.20. The molecule has 4 aromatic rings. The number of fused-ring (bicyclic) bond motifs is 1. The second-order valence-corrected chi connectivity index (χ2v) is 7.36. The van der Waals surface area contributed by atoms with E-state index in [1.54, 1.807) is 31.2 Å². The lowest BCUT2D eigenvalue weighted by atomic mass is 10.1. The van der Waals surface area contributed by atoms with Gasteiger partial charge >= 0.3 is 0 Å². The summed E-state index contributed by atoms with van der Waals surface area (Å²) >= 11 is 0. The van der Waals surface area contributed by atoms with Crippen molar-refractivity contribution in [3.05, 3.63) is 75.3 Å². The normalized spacial score (nSPS) is 11.1. The van der Waals surface area contributed by atoms with Crippen LogP contribution in [0.25, 0.3) is 16.6 Å². The van der Waals surface area contributed by atoms with E-state index in [1.807, 2.05) is 44.2 Å². The third kappa shape index (κ3) is 3.43. The molecule has 30 heavy (non-hydrogen) atoms. The van der Waals surface area contributed by atoms with E-state index in [1.165, 1.54) is 10.2 Å². The van der Waals surface area contributed by atoms with Crippen molar-refractivity contribution < 1.29 is 9.47 Å². The molecule has 0 radical (unpaired) electrons. The quantitative estimate of drug-likeness (QED) is 0.509. The summed E-state index contributed by atoms with van der Waals surface area (Å²) in [6, 6.07) is 11.6. The van der Waals surface area contributed by atoms with Gasteiger partial charge in [0.1, 0.15) is 17.0 Å². The van der Waals surface area contributed by atoms with Crippen LogP contribution in [-0.2, 0) is 6.54 Å². The third-order valence-corrected chi connectivity index (χ3v) is 5.35. The van der Waals surface area contributed by atoms with Crippen LogP contribution in [0.3, 0.4) is 0 Å². The maximum atomic E-state index is 13.4. The molecule has 0 amide bonds. The molecule has 0 aliphatic rings. The van der Waals surface area contributed by atoms with E-state index in [0.717, 1.165) is 27.9 Å². The van der Waals surface area contributed by atoms with E-state index < -0.39 is 0 Å². The highest BCUT2D eigenvalue weighted by Crippen LogP contribution is 2.23. The smallest absolute Gasteiger partial charge is 0.293 e. The number of aromatic nitrogens is 4. The van der Waals surface area contributed by atoms with Crippen LogP contribution < -0.4 is 15.0 Å². The van der Waals surface area contributed by atoms with Crippen molar-refractivity contribution in [3.8, 4) is 17.2 Å². The lowest BCUT2D eigenvalue weighted by molar-refractivity contribution is 0.393. The van der Waals surface area contributed by atoms with Gasteiger partial charge in [-0.2, -0.15) is 10.2 Å². The summed E-state index contributed by atoms with van der Waals surface area (Å²) < 4.78 is 13.8. The van der Waals surface area contributed by atoms with Crippen molar-refractivity contribution in [1.29, 1.82) is 0 Å². The Balaban J connectivity index is 1.86. The zero-order valence-corrected chi connectivity index (χ0v) is 17.8. The summed E-state index contributed by atoms with van der Waals surface area (Å²) in [4.78, 5) is 13.4. The highest BCUT2D eigenvalue weighted by atomic mass is 16.5. The summed E-state index contributed by atoms with van der Waals surface area (Å²) in [5.74, 6) is 1.32. The lowest BCUT2D eigenvalue weighted by Crippen LogP contribution is -2.26. The lowest BCUT2D eigenvalue weighted by Gasteiger charge is -2.11. The fourth-order valence-corrected chi connectivity index (χ4v) is 3.51. The zero-order chi connectivity index (χ0) is 21.4. The molecular weight excluding hydrogens is 380 g/mol. The van der Waals surface area contributed by atoms with Crippen molar-refractivity contribution >= 4 is 10.9 Å². The Morgan fingerprint density at radius 2 is 1.63 bits per heavy atom. The van der Waals surface area contributed by atoms with Crippen LogP contribution in [0.15, 0.2) is 47.4 Å². The SMILES string of the molecule is COc1cc(Cn2nc(C)c3cnn(-c4ccc(C)c(C)c4)c3c2=O)cc(OC)c1. The van der Waals surface area contributed by atoms with E-state index in [-0.39, 0.29) is 5.56 Å². The molecule has 0 N–H and O–H groups in total. The Morgan fingerprint density at radius 3 is 2.27 bits per heavy atom. The van der Waals surface area contributed by atoms with Crippen molar-refractivity contribution in [2.45, 2.75) is 27.3 Å². The van der Waals surface area contributed by atoms with Crippen LogP contribution in [0, 0.1) is 20.8 Å². The standard InChI is InChI=1S/C23H24N4O3/c1-14-6-7-18(8-15(14)2)27-22-21(12-24-27)16(3)25-26(23(22)28)13-17-9-19(29-4)11-20(10-17)30-5/h6-12H,13H2,1-5H3. The van der Waals surface area contributed by atoms with Crippen LogP contribution in [0.4, 0.5) is 0 Å². The van der Waals surface area contributed by atoms with Gasteiger partial charge in [-0.3, -0.25) is 4.79 Å². The molecule has 154 valence electrons. The molecule has 0 bridgehead atoms. The largest absolute Gasteiger partial charge is 0.497 e. The molecule has 2 aromatic heterocycles. The molecule has 7 heteroatoms. The van der Waals surface area contributed by atoms with Gasteiger partial charge in [-0.15, -0.1) is 0 Å². The Labute approximate surface area is 174 Å². The first kappa shape index (κ1) is 19.7. The zero-order valence-electron chi connectivity index (χ0n) is 17.8. The number of ether oxygens (including phenoxy) is 2. The van der Waals surface area contributed by atoms with Crippen LogP contribution in [0.1, 0.15) is 22.4 Å². The van der Waals surface area contributed by atoms with Gasteiger partial charge in [-0.05, 0) is 61.7 Å². The first-order chi connectivity index (χ1) is 14.4. The van der Waals surface area contributed by atoms with Gasteiger partial charge in [0.15, 0.2) is 0 Å². The molecule has 0 saturated heterocycles. The van der Waals surface area contributed by atoms with Crippen LogP contribution in [0.5, 0.6) is 11.5 Å². The van der Waals surface area contributed by atoms with Gasteiger partial charge in [-0.1, -0.05) is 6.07 Å². The molecule has 0 atom stereocenters. The molecule has 4 rings (SSSR count). The van der Waals surface area contributed by atoms with E-state index in [4.69, 9.17) is 9.47 Å². The molecule has 0 saturated carbocycles. The number of hydrogen-bond acceptors (Lipinski definition) is 5. The minimum Gasteiger partial charge on any atom is -0.497 e. The van der Waals surface area contributed by atoms with Gasteiger partial charge < -0.3 is 9.47 Å². The molecule has 0 aliphatic carbocycles. The van der Waals surface area contributed by atoms with E-state index >= 15 is 0 Å². The summed E-state index contributed by atoms with van der Waals surface area (Å²) in [6.45, 7) is 6.29. The number of rotatable bonds is 5. The monoisotopic (exact) mass is 404 g/mol. The fraction of sp³-hybridized carbons (Fsp3) is 0.261. The van der Waals surface area contributed by atoms with E-state index in [0.29, 0.717) is 23.6 Å². The third-order valence-electron chi connectivity index (χ3n) is 5.35. The minimum atomic E-state index is -0.201. The average molecular weight is 404 g/mol. The summed E-state index contributed by atoms with van der Waals surface area (Å²) in [5, 5.41) is 9.75. The first-order valence-corrected chi connectivity index (χ1v) is 9.66. The molecular formula is C23H24N4O3. The van der Waals surface area contributed by atoms with Crippen LogP contribution in [0.2, 0.25) is 0 Å². The first-order valence-electron chi connectivity index (χ1n) is 9.66. The number of nitrogens with zero attached hydrogens (tertiary/aromatic N) is 4. The van der Waals surface area contributed by atoms with E-state index in [9.17, 15) is 4.79 Å². The van der Waals surface area contributed by atoms with Crippen LogP contribution in [-0.4, -0.2) is 33.8 Å². The van der Waals surface area contributed by atoms with Crippen molar-refractivity contribution in [1.82, 2.24) is 19.6 Å². The molecule has 0 fully saturated rings. The maximum Gasteiger partial charge on any atom is 0.293 e. The Bertz CT molecular complexity index is 1280. The van der Waals surface area contributed by atoms with E-state index in [2.05, 4.69) is 17.1 Å². The second kappa shape index (κ2) is 7.67. The second-order valence-electron chi connectivity index (χ2n) is 7.36. The molecule has 7 nitrogen and oxygen atoms in total. The summed E-state index contributed by atoms with van der Waals surface area (Å²) in [6.07, 6.45) is 1.70. The number of benzene rings is 2. The van der Waals surface area contributed by atoms with Crippen LogP contribution >= 0.6 is 0 Å². The van der Waals surface area contributed by atoms with Gasteiger partial charge in [0, 0.05) is 11.5 Å². The highest BCUT2D eigenvalue weighted by molar-refractivity contribution is 5.81. The number of hydrogen-bond donors (Lipinski definition) is 0. The Kier molecular flexibility index (Phi) is 5.03. The van der Waals surface area contributed by atoms with Gasteiger partial charge in [0.05, 0.1) is 38.3 Å². The van der Waals surface area contributed by atoms with Gasteiger partial charge in [0.2, 0.25) is 0 Å². The molecule has 0 unspecified atom stereocenters. The topological polar surface area (TPSA) is 71.2 Å². The molecule has 2 aromatic carbocycles. The predicted molar refractivity (Wildman–Crippen MR) is 116 cm³/mol. The maximum absolute atomic E-state index is 13.4. The number of aryl methyl sites for hydroxylation is 3. The van der Waals surface area contributed by atoms with Crippen molar-refractivity contribution in [2.24, 2.45) is 0 Å². The minimum absolute atomic E-state index is 0.201. The van der Waals surface area contributed by atoms with Crippen molar-refractivity contribution in [3.63, 3.8) is 0 Å². The predicted octanol–water partition coefficient (Wildman–Crippen LogP) is 3.57. The summed E-state index contributed by atoms with van der Waals surface area (Å²) in [5.41, 5.74) is 5.11. The van der Waals surface area contributed by atoms with Crippen molar-refractivity contribution in [2.75, 3.05) is 14.2 Å². The molecule has 2 heterocycles. The van der Waals surface area contributed by atoms with Gasteiger partial charge in [0.25, 0.3) is 5.56 Å².